The Balaban J connectivity index is 2.11. The molecule has 0 spiro atoms. The normalized spacial score (nSPS) is 10.1. The van der Waals surface area contributed by atoms with Crippen LogP contribution in [0.3, 0.4) is 0 Å². The highest BCUT2D eigenvalue weighted by atomic mass is 79.9. The first kappa shape index (κ1) is 16.2. The van der Waals surface area contributed by atoms with Crippen molar-refractivity contribution >= 4 is 39.1 Å². The van der Waals surface area contributed by atoms with Crippen LogP contribution in [0.1, 0.15) is 6.92 Å². The van der Waals surface area contributed by atoms with E-state index in [1.165, 1.54) is 30.0 Å². The fraction of sp³-hybridized carbons (Fsp3) is 0.125. The lowest BCUT2D eigenvalue weighted by atomic mass is 10.2. The number of hydrogen-bond donors (Lipinski definition) is 1. The Morgan fingerprint density at radius 1 is 1.18 bits per heavy atom. The lowest BCUT2D eigenvalue weighted by molar-refractivity contribution is -0.120. The molecule has 0 unspecified atom stereocenters. The van der Waals surface area contributed by atoms with Crippen molar-refractivity contribution in [1.82, 2.24) is 0 Å². The molecule has 2 aromatic rings. The average molecular weight is 365 g/mol. The molecule has 2 aromatic carbocycles. The molecule has 0 aliphatic heterocycles. The topological polar surface area (TPSA) is 49.4 Å². The Bertz CT molecular complexity index is 706. The van der Waals surface area contributed by atoms with Crippen molar-refractivity contribution in [3.05, 3.63) is 58.8 Å². The molecule has 0 heterocycles. The predicted molar refractivity (Wildman–Crippen MR) is 87.2 cm³/mol. The fourth-order valence-corrected chi connectivity index (χ4v) is 2.33. The molecular weight excluding hydrogens is 351 g/mol. The van der Waals surface area contributed by atoms with Crippen molar-refractivity contribution in [3.8, 4) is 0 Å². The highest BCUT2D eigenvalue weighted by molar-refractivity contribution is 9.10. The Morgan fingerprint density at radius 2 is 1.91 bits per heavy atom. The number of nitrogens with one attached hydrogen (secondary N) is 1. The molecule has 0 aliphatic carbocycles. The molecule has 6 heteroatoms. The summed E-state index contributed by atoms with van der Waals surface area (Å²) in [6.07, 6.45) is 0. The van der Waals surface area contributed by atoms with E-state index in [0.29, 0.717) is 11.4 Å². The molecule has 0 aliphatic rings. The summed E-state index contributed by atoms with van der Waals surface area (Å²) in [6.45, 7) is 1.23. The lowest BCUT2D eigenvalue weighted by Gasteiger charge is -2.21. The molecular formula is C16H14BrFN2O2. The summed E-state index contributed by atoms with van der Waals surface area (Å²) in [7, 11) is 0. The van der Waals surface area contributed by atoms with E-state index in [4.69, 9.17) is 0 Å². The summed E-state index contributed by atoms with van der Waals surface area (Å²) in [6, 6.07) is 12.7. The van der Waals surface area contributed by atoms with Gasteiger partial charge in [0.05, 0.1) is 0 Å². The maximum absolute atomic E-state index is 13.1. The molecule has 0 atom stereocenters. The predicted octanol–water partition coefficient (Wildman–Crippen LogP) is 3.58. The SMILES string of the molecule is CC(=O)N(CC(=O)Nc1cccc(F)c1)c1cccc(Br)c1. The Morgan fingerprint density at radius 3 is 2.55 bits per heavy atom. The number of rotatable bonds is 4. The summed E-state index contributed by atoms with van der Waals surface area (Å²) in [5.74, 6) is -1.10. The van der Waals surface area contributed by atoms with Crippen LogP contribution in [0.25, 0.3) is 0 Å². The van der Waals surface area contributed by atoms with Crippen LogP contribution in [0.15, 0.2) is 53.0 Å². The van der Waals surface area contributed by atoms with Crippen LogP contribution in [0, 0.1) is 5.82 Å². The smallest absolute Gasteiger partial charge is 0.244 e. The van der Waals surface area contributed by atoms with Crippen LogP contribution in [0.4, 0.5) is 15.8 Å². The lowest BCUT2D eigenvalue weighted by Crippen LogP contribution is -2.36. The maximum atomic E-state index is 13.1. The van der Waals surface area contributed by atoms with Crippen LogP contribution in [-0.2, 0) is 9.59 Å². The van der Waals surface area contributed by atoms with Gasteiger partial charge < -0.3 is 10.2 Å². The second-order valence-corrected chi connectivity index (χ2v) is 5.56. The first-order valence-corrected chi connectivity index (χ1v) is 7.34. The van der Waals surface area contributed by atoms with E-state index in [1.807, 2.05) is 6.07 Å². The molecule has 0 aromatic heterocycles. The summed E-state index contributed by atoms with van der Waals surface area (Å²) >= 11 is 3.33. The Labute approximate surface area is 136 Å². The molecule has 0 radical (unpaired) electrons. The fourth-order valence-electron chi connectivity index (χ4n) is 1.94. The number of carbonyl (C=O) groups excluding carboxylic acids is 2. The minimum absolute atomic E-state index is 0.150. The van der Waals surface area contributed by atoms with Crippen LogP contribution in [0.5, 0.6) is 0 Å². The third-order valence-corrected chi connectivity index (χ3v) is 3.40. The van der Waals surface area contributed by atoms with Crippen molar-refractivity contribution in [1.29, 1.82) is 0 Å². The largest absolute Gasteiger partial charge is 0.324 e. The zero-order valence-corrected chi connectivity index (χ0v) is 13.4. The van der Waals surface area contributed by atoms with Gasteiger partial charge in [-0.1, -0.05) is 28.1 Å². The van der Waals surface area contributed by atoms with Crippen LogP contribution < -0.4 is 10.2 Å². The van der Waals surface area contributed by atoms with Gasteiger partial charge in [-0.3, -0.25) is 9.59 Å². The highest BCUT2D eigenvalue weighted by Crippen LogP contribution is 2.20. The van der Waals surface area contributed by atoms with Gasteiger partial charge in [-0.15, -0.1) is 0 Å². The van der Waals surface area contributed by atoms with E-state index in [1.54, 1.807) is 24.3 Å². The van der Waals surface area contributed by atoms with Gasteiger partial charge in [0.15, 0.2) is 0 Å². The van der Waals surface area contributed by atoms with Crippen molar-refractivity contribution in [2.45, 2.75) is 6.92 Å². The molecule has 0 saturated heterocycles. The number of carbonyl (C=O) groups is 2. The van der Waals surface area contributed by atoms with E-state index < -0.39 is 11.7 Å². The first-order chi connectivity index (χ1) is 10.5. The number of nitrogens with zero attached hydrogens (tertiary/aromatic N) is 1. The van der Waals surface area contributed by atoms with Gasteiger partial charge in [0.1, 0.15) is 12.4 Å². The van der Waals surface area contributed by atoms with E-state index >= 15 is 0 Å². The Kier molecular flexibility index (Phi) is 5.27. The second kappa shape index (κ2) is 7.17. The van der Waals surface area contributed by atoms with Gasteiger partial charge in [0.25, 0.3) is 0 Å². The Hall–Kier alpha value is -2.21. The molecule has 2 rings (SSSR count). The molecule has 2 amide bonds. The van der Waals surface area contributed by atoms with Gasteiger partial charge in [0.2, 0.25) is 11.8 Å². The van der Waals surface area contributed by atoms with E-state index in [-0.39, 0.29) is 12.5 Å². The minimum Gasteiger partial charge on any atom is -0.324 e. The summed E-state index contributed by atoms with van der Waals surface area (Å²) in [5.41, 5.74) is 0.957. The number of benzene rings is 2. The number of anilines is 2. The summed E-state index contributed by atoms with van der Waals surface area (Å²) in [4.78, 5) is 25.2. The summed E-state index contributed by atoms with van der Waals surface area (Å²) in [5, 5.41) is 2.57. The van der Waals surface area contributed by atoms with Crippen LogP contribution >= 0.6 is 15.9 Å². The van der Waals surface area contributed by atoms with Crippen LogP contribution in [0.2, 0.25) is 0 Å². The maximum Gasteiger partial charge on any atom is 0.244 e. The van der Waals surface area contributed by atoms with Crippen LogP contribution in [-0.4, -0.2) is 18.4 Å². The van der Waals surface area contributed by atoms with Gasteiger partial charge in [-0.25, -0.2) is 4.39 Å². The van der Waals surface area contributed by atoms with Crippen molar-refractivity contribution < 1.29 is 14.0 Å². The first-order valence-electron chi connectivity index (χ1n) is 6.55. The van der Waals surface area contributed by atoms with Gasteiger partial charge in [-0.2, -0.15) is 0 Å². The van der Waals surface area contributed by atoms with Gasteiger partial charge >= 0.3 is 0 Å². The third-order valence-electron chi connectivity index (χ3n) is 2.91. The van der Waals surface area contributed by atoms with E-state index in [2.05, 4.69) is 21.2 Å². The van der Waals surface area contributed by atoms with Crippen molar-refractivity contribution in [3.63, 3.8) is 0 Å². The number of hydrogen-bond acceptors (Lipinski definition) is 2. The zero-order chi connectivity index (χ0) is 16.1. The minimum atomic E-state index is -0.437. The van der Waals surface area contributed by atoms with Crippen molar-refractivity contribution in [2.75, 3.05) is 16.8 Å². The number of amides is 2. The van der Waals surface area contributed by atoms with E-state index in [9.17, 15) is 14.0 Å². The van der Waals surface area contributed by atoms with Gasteiger partial charge in [-0.05, 0) is 36.4 Å². The molecule has 4 nitrogen and oxygen atoms in total. The molecule has 0 bridgehead atoms. The van der Waals surface area contributed by atoms with Crippen molar-refractivity contribution in [2.24, 2.45) is 0 Å². The molecule has 22 heavy (non-hydrogen) atoms. The molecule has 1 N–H and O–H groups in total. The second-order valence-electron chi connectivity index (χ2n) is 4.64. The van der Waals surface area contributed by atoms with Gasteiger partial charge in [0, 0.05) is 22.8 Å². The quantitative estimate of drug-likeness (QED) is 0.901. The standard InChI is InChI=1S/C16H14BrFN2O2/c1-11(21)20(15-7-2-4-12(17)8-15)10-16(22)19-14-6-3-5-13(18)9-14/h2-9H,10H2,1H3,(H,19,22). The monoisotopic (exact) mass is 364 g/mol. The third kappa shape index (κ3) is 4.39. The van der Waals surface area contributed by atoms with E-state index in [0.717, 1.165) is 4.47 Å². The highest BCUT2D eigenvalue weighted by Gasteiger charge is 2.16. The number of halogens is 2. The molecule has 0 saturated carbocycles. The average Bonchev–Trinajstić information content (AvgIpc) is 2.44. The molecule has 114 valence electrons. The summed E-state index contributed by atoms with van der Waals surface area (Å²) < 4.78 is 13.9. The zero-order valence-electron chi connectivity index (χ0n) is 11.8. The molecule has 0 fully saturated rings.